The first-order valence-corrected chi connectivity index (χ1v) is 14.4. The summed E-state index contributed by atoms with van der Waals surface area (Å²) in [6, 6.07) is 23.1. The number of hydrogen-bond acceptors (Lipinski definition) is 4. The molecule has 182 valence electrons. The Hall–Kier alpha value is -1.36. The largest absolute Gasteiger partial charge is 0.480 e. The molecule has 0 spiro atoms. The third kappa shape index (κ3) is 4.18. The molecular formula is C27H24Cl3O4P. The highest BCUT2D eigenvalue weighted by Crippen LogP contribution is 2.68. The van der Waals surface area contributed by atoms with E-state index < -0.39 is 23.0 Å². The van der Waals surface area contributed by atoms with E-state index in [0.717, 1.165) is 33.4 Å². The molecule has 3 aromatic carbocycles. The second-order valence-corrected chi connectivity index (χ2v) is 12.7. The van der Waals surface area contributed by atoms with Crippen molar-refractivity contribution in [2.75, 3.05) is 0 Å². The van der Waals surface area contributed by atoms with Gasteiger partial charge < -0.3 is 0 Å². The maximum atomic E-state index is 14.6. The molecule has 35 heavy (non-hydrogen) atoms. The van der Waals surface area contributed by atoms with E-state index in [1.807, 2.05) is 72.8 Å². The van der Waals surface area contributed by atoms with E-state index in [1.165, 1.54) is 0 Å². The zero-order valence-corrected chi connectivity index (χ0v) is 22.0. The highest BCUT2D eigenvalue weighted by molar-refractivity contribution is 7.48. The molecule has 3 unspecified atom stereocenters. The van der Waals surface area contributed by atoms with Gasteiger partial charge in [-0.25, -0.2) is 4.57 Å². The fourth-order valence-electron chi connectivity index (χ4n) is 5.47. The fraction of sp³-hybridized carbons (Fsp3) is 0.333. The van der Waals surface area contributed by atoms with Crippen LogP contribution >= 0.6 is 42.6 Å². The van der Waals surface area contributed by atoms with Crippen molar-refractivity contribution in [2.45, 2.75) is 53.7 Å². The van der Waals surface area contributed by atoms with Crippen molar-refractivity contribution in [3.8, 4) is 0 Å². The van der Waals surface area contributed by atoms with Crippen LogP contribution in [-0.4, -0.2) is 0 Å². The second kappa shape index (κ2) is 8.60. The molecule has 0 radical (unpaired) electrons. The van der Waals surface area contributed by atoms with Crippen LogP contribution in [0.3, 0.4) is 0 Å². The van der Waals surface area contributed by atoms with Crippen LogP contribution in [-0.2, 0) is 52.6 Å². The first kappa shape index (κ1) is 24.0. The Kier molecular flexibility index (Phi) is 5.90. The van der Waals surface area contributed by atoms with E-state index in [4.69, 9.17) is 48.4 Å². The molecule has 0 aromatic heterocycles. The second-order valence-electron chi connectivity index (χ2n) is 9.38. The van der Waals surface area contributed by atoms with Crippen molar-refractivity contribution in [3.63, 3.8) is 0 Å². The molecule has 0 saturated heterocycles. The van der Waals surface area contributed by atoms with Crippen LogP contribution in [0.15, 0.2) is 72.8 Å². The molecule has 6 rings (SSSR count). The van der Waals surface area contributed by atoms with Gasteiger partial charge in [-0.3, -0.25) is 13.6 Å². The molecule has 0 amide bonds. The van der Waals surface area contributed by atoms with Crippen molar-refractivity contribution in [1.29, 1.82) is 0 Å². The summed E-state index contributed by atoms with van der Waals surface area (Å²) in [4.78, 5) is 0. The highest BCUT2D eigenvalue weighted by Gasteiger charge is 2.55. The van der Waals surface area contributed by atoms with E-state index >= 15 is 0 Å². The summed E-state index contributed by atoms with van der Waals surface area (Å²) in [6.07, 6.45) is 3.31. The van der Waals surface area contributed by atoms with Crippen molar-refractivity contribution in [1.82, 2.24) is 0 Å². The molecule has 3 aliphatic carbocycles. The standard InChI is InChI=1S/C27H24Cl3O4P/c28-25(16-13-19-7-1-4-10-22(19)25)32-35(31,33-26(29)17-14-20-8-2-5-11-23(20)26)34-27(30)18-15-21-9-3-6-12-24(21)27/h1-12H,13-18H2. The maximum Gasteiger partial charge on any atom is 0.480 e. The number of alkyl halides is 3. The Morgan fingerprint density at radius 3 is 1.14 bits per heavy atom. The topological polar surface area (TPSA) is 44.8 Å². The smallest absolute Gasteiger partial charge is 0.259 e. The molecule has 0 heterocycles. The van der Waals surface area contributed by atoms with Crippen molar-refractivity contribution in [3.05, 3.63) is 106 Å². The molecule has 3 aliphatic rings. The van der Waals surface area contributed by atoms with Gasteiger partial charge in [-0.2, -0.15) is 0 Å². The normalized spacial score (nSPS) is 30.5. The van der Waals surface area contributed by atoms with Gasteiger partial charge in [0.05, 0.1) is 0 Å². The lowest BCUT2D eigenvalue weighted by atomic mass is 10.1. The van der Waals surface area contributed by atoms with E-state index in [2.05, 4.69) is 0 Å². The number of fused-ring (bicyclic) bond motifs is 3. The van der Waals surface area contributed by atoms with Crippen LogP contribution in [0.1, 0.15) is 52.6 Å². The molecule has 8 heteroatoms. The predicted molar refractivity (Wildman–Crippen MR) is 138 cm³/mol. The van der Waals surface area contributed by atoms with Crippen molar-refractivity contribution >= 4 is 42.6 Å². The third-order valence-corrected chi connectivity index (χ3v) is 10.5. The Labute approximate surface area is 220 Å². The lowest BCUT2D eigenvalue weighted by Gasteiger charge is -2.36. The minimum atomic E-state index is -4.43. The number of rotatable bonds is 6. The highest BCUT2D eigenvalue weighted by atomic mass is 35.5. The van der Waals surface area contributed by atoms with Crippen LogP contribution in [0.5, 0.6) is 0 Å². The Morgan fingerprint density at radius 1 is 0.543 bits per heavy atom. The molecule has 0 fully saturated rings. The number of aryl methyl sites for hydroxylation is 3. The van der Waals surface area contributed by atoms with Gasteiger partial charge in [0.15, 0.2) is 15.2 Å². The molecule has 3 aromatic rings. The van der Waals surface area contributed by atoms with Gasteiger partial charge in [0.25, 0.3) is 0 Å². The van der Waals surface area contributed by atoms with Crippen LogP contribution in [0, 0.1) is 0 Å². The molecule has 0 N–H and O–H groups in total. The van der Waals surface area contributed by atoms with Crippen molar-refractivity contribution < 1.29 is 18.1 Å². The average molecular weight is 550 g/mol. The van der Waals surface area contributed by atoms with E-state index in [0.29, 0.717) is 38.5 Å². The van der Waals surface area contributed by atoms with Crippen LogP contribution in [0.2, 0.25) is 0 Å². The van der Waals surface area contributed by atoms with Gasteiger partial charge in [-0.15, -0.1) is 0 Å². The number of hydrogen-bond donors (Lipinski definition) is 0. The van der Waals surface area contributed by atoms with Gasteiger partial charge in [0.2, 0.25) is 0 Å². The maximum absolute atomic E-state index is 14.6. The van der Waals surface area contributed by atoms with Crippen LogP contribution in [0.25, 0.3) is 0 Å². The molecule has 4 nitrogen and oxygen atoms in total. The average Bonchev–Trinajstić information content (AvgIpc) is 3.46. The van der Waals surface area contributed by atoms with Gasteiger partial charge in [0, 0.05) is 16.7 Å². The van der Waals surface area contributed by atoms with Gasteiger partial charge in [-0.1, -0.05) is 108 Å². The summed E-state index contributed by atoms with van der Waals surface area (Å²) >= 11 is 21.0. The number of phosphoric acid groups is 1. The summed E-state index contributed by atoms with van der Waals surface area (Å²) in [5.74, 6) is 0. The summed E-state index contributed by atoms with van der Waals surface area (Å²) in [5, 5.41) is -4.16. The first-order valence-electron chi connectivity index (χ1n) is 11.8. The van der Waals surface area contributed by atoms with Crippen molar-refractivity contribution in [2.24, 2.45) is 0 Å². The number of halogens is 3. The molecule has 0 bridgehead atoms. The Balaban J connectivity index is 1.40. The zero-order valence-electron chi connectivity index (χ0n) is 18.9. The minimum absolute atomic E-state index is 0.419. The fourth-order valence-corrected chi connectivity index (χ4v) is 8.81. The number of benzene rings is 3. The van der Waals surface area contributed by atoms with Crippen LogP contribution in [0.4, 0.5) is 0 Å². The molecular weight excluding hydrogens is 526 g/mol. The van der Waals surface area contributed by atoms with Gasteiger partial charge in [-0.05, 0) is 55.2 Å². The molecule has 3 atom stereocenters. The lowest BCUT2D eigenvalue weighted by molar-refractivity contribution is -0.00691. The Bertz CT molecular complexity index is 1190. The van der Waals surface area contributed by atoms with E-state index in [-0.39, 0.29) is 0 Å². The van der Waals surface area contributed by atoms with E-state index in [9.17, 15) is 4.57 Å². The van der Waals surface area contributed by atoms with Gasteiger partial charge in [0.1, 0.15) is 0 Å². The lowest BCUT2D eigenvalue weighted by Crippen LogP contribution is -2.28. The predicted octanol–water partition coefficient (Wildman–Crippen LogP) is 8.26. The quantitative estimate of drug-likeness (QED) is 0.229. The van der Waals surface area contributed by atoms with E-state index in [1.54, 1.807) is 0 Å². The van der Waals surface area contributed by atoms with Crippen LogP contribution < -0.4 is 0 Å². The SMILES string of the molecule is O=P(OC1(Cl)CCc2ccccc21)(OC1(Cl)CCc2ccccc21)OC1(Cl)CCc2ccccc21. The number of phosphoric ester groups is 1. The zero-order chi connectivity index (χ0) is 24.3. The summed E-state index contributed by atoms with van der Waals surface area (Å²) < 4.78 is 33.2. The monoisotopic (exact) mass is 548 g/mol. The molecule has 0 aliphatic heterocycles. The summed E-state index contributed by atoms with van der Waals surface area (Å²) in [5.41, 5.74) is 5.35. The summed E-state index contributed by atoms with van der Waals surface area (Å²) in [7, 11) is -4.43. The first-order chi connectivity index (χ1) is 16.7. The third-order valence-electron chi connectivity index (χ3n) is 7.18. The molecule has 0 saturated carbocycles. The summed E-state index contributed by atoms with van der Waals surface area (Å²) in [6.45, 7) is 0. The van der Waals surface area contributed by atoms with Gasteiger partial charge >= 0.3 is 7.82 Å². The Morgan fingerprint density at radius 2 is 0.829 bits per heavy atom. The minimum Gasteiger partial charge on any atom is -0.259 e.